The van der Waals surface area contributed by atoms with Crippen LogP contribution < -0.4 is 5.32 Å². The van der Waals surface area contributed by atoms with E-state index in [1.807, 2.05) is 31.2 Å². The van der Waals surface area contributed by atoms with Crippen molar-refractivity contribution in [2.75, 3.05) is 0 Å². The molecular weight excluding hydrogens is 282 g/mol. The Bertz CT molecular complexity index is 762. The van der Waals surface area contributed by atoms with Crippen molar-refractivity contribution in [2.24, 2.45) is 0 Å². The second-order valence-corrected chi connectivity index (χ2v) is 4.96. The second-order valence-electron chi connectivity index (χ2n) is 4.96. The Kier molecular flexibility index (Phi) is 3.69. The van der Waals surface area contributed by atoms with Gasteiger partial charge in [0.15, 0.2) is 0 Å². The number of aryl methyl sites for hydroxylation is 1. The number of aromatic nitrogens is 4. The lowest BCUT2D eigenvalue weighted by Gasteiger charge is -2.13. The first-order valence-electron chi connectivity index (χ1n) is 6.82. The van der Waals surface area contributed by atoms with Gasteiger partial charge in [-0.1, -0.05) is 17.3 Å². The van der Waals surface area contributed by atoms with Crippen molar-refractivity contribution in [3.8, 4) is 5.69 Å². The molecule has 0 fully saturated rings. The van der Waals surface area contributed by atoms with Gasteiger partial charge in [0.25, 0.3) is 5.91 Å². The standard InChI is InChI=1S/C15H15N5O2/c1-10-7-14(22-19-10)15(21)18-11(2)12-3-5-13(6-4-12)20-9-16-8-17-20/h3-9,11H,1-2H3,(H,18,21). The average molecular weight is 297 g/mol. The number of hydrogen-bond acceptors (Lipinski definition) is 5. The first-order valence-corrected chi connectivity index (χ1v) is 6.82. The van der Waals surface area contributed by atoms with Gasteiger partial charge in [-0.3, -0.25) is 4.79 Å². The number of nitrogens with zero attached hydrogens (tertiary/aromatic N) is 4. The molecular formula is C15H15N5O2. The molecule has 1 amide bonds. The van der Waals surface area contributed by atoms with Gasteiger partial charge in [-0.25, -0.2) is 9.67 Å². The van der Waals surface area contributed by atoms with E-state index >= 15 is 0 Å². The molecule has 7 heteroatoms. The molecule has 112 valence electrons. The fourth-order valence-corrected chi connectivity index (χ4v) is 2.08. The summed E-state index contributed by atoms with van der Waals surface area (Å²) < 4.78 is 6.62. The molecule has 2 aromatic heterocycles. The molecule has 1 unspecified atom stereocenters. The Hall–Kier alpha value is -2.96. The third kappa shape index (κ3) is 2.88. The number of amides is 1. The van der Waals surface area contributed by atoms with Crippen molar-refractivity contribution >= 4 is 5.91 Å². The van der Waals surface area contributed by atoms with Crippen LogP contribution in [0.25, 0.3) is 5.69 Å². The number of nitrogens with one attached hydrogen (secondary N) is 1. The van der Waals surface area contributed by atoms with Gasteiger partial charge < -0.3 is 9.84 Å². The van der Waals surface area contributed by atoms with E-state index in [-0.39, 0.29) is 17.7 Å². The molecule has 0 aliphatic rings. The number of hydrogen-bond donors (Lipinski definition) is 1. The predicted octanol–water partition coefficient (Wildman–Crippen LogP) is 2.05. The molecule has 22 heavy (non-hydrogen) atoms. The summed E-state index contributed by atoms with van der Waals surface area (Å²) >= 11 is 0. The van der Waals surface area contributed by atoms with Gasteiger partial charge in [-0.05, 0) is 31.5 Å². The Morgan fingerprint density at radius 2 is 2.09 bits per heavy atom. The van der Waals surface area contributed by atoms with E-state index in [0.29, 0.717) is 5.69 Å². The highest BCUT2D eigenvalue weighted by Gasteiger charge is 2.15. The SMILES string of the molecule is Cc1cc(C(=O)NC(C)c2ccc(-n3cncn3)cc2)on1. The van der Waals surface area contributed by atoms with Gasteiger partial charge in [0, 0.05) is 6.07 Å². The van der Waals surface area contributed by atoms with E-state index in [1.54, 1.807) is 24.0 Å². The van der Waals surface area contributed by atoms with Gasteiger partial charge in [0.05, 0.1) is 17.4 Å². The monoisotopic (exact) mass is 297 g/mol. The van der Waals surface area contributed by atoms with E-state index in [2.05, 4.69) is 20.6 Å². The van der Waals surface area contributed by atoms with Crippen LogP contribution in [0.3, 0.4) is 0 Å². The molecule has 3 aromatic rings. The van der Waals surface area contributed by atoms with Crippen LogP contribution in [0.1, 0.15) is 34.8 Å². The van der Waals surface area contributed by atoms with E-state index < -0.39 is 0 Å². The quantitative estimate of drug-likeness (QED) is 0.796. The zero-order valence-corrected chi connectivity index (χ0v) is 12.2. The molecule has 1 atom stereocenters. The lowest BCUT2D eigenvalue weighted by molar-refractivity contribution is 0.0902. The summed E-state index contributed by atoms with van der Waals surface area (Å²) in [6, 6.07) is 9.18. The molecule has 0 saturated carbocycles. The molecule has 7 nitrogen and oxygen atoms in total. The highest BCUT2D eigenvalue weighted by Crippen LogP contribution is 2.16. The average Bonchev–Trinajstić information content (AvgIpc) is 3.18. The lowest BCUT2D eigenvalue weighted by Crippen LogP contribution is -2.26. The van der Waals surface area contributed by atoms with Crippen molar-refractivity contribution < 1.29 is 9.32 Å². The minimum Gasteiger partial charge on any atom is -0.351 e. The van der Waals surface area contributed by atoms with Crippen molar-refractivity contribution in [2.45, 2.75) is 19.9 Å². The second kappa shape index (κ2) is 5.80. The van der Waals surface area contributed by atoms with Crippen LogP contribution in [0.2, 0.25) is 0 Å². The van der Waals surface area contributed by atoms with Gasteiger partial charge in [0.2, 0.25) is 5.76 Å². The van der Waals surface area contributed by atoms with Crippen LogP contribution in [0.4, 0.5) is 0 Å². The van der Waals surface area contributed by atoms with Crippen LogP contribution in [-0.4, -0.2) is 25.8 Å². The van der Waals surface area contributed by atoms with Crippen LogP contribution in [0, 0.1) is 6.92 Å². The first-order chi connectivity index (χ1) is 10.6. The summed E-state index contributed by atoms with van der Waals surface area (Å²) in [6.07, 6.45) is 3.11. The number of benzene rings is 1. The normalized spacial score (nSPS) is 12.1. The minimum atomic E-state index is -0.284. The number of carbonyl (C=O) groups excluding carboxylic acids is 1. The highest BCUT2D eigenvalue weighted by molar-refractivity contribution is 5.91. The Morgan fingerprint density at radius 3 is 2.68 bits per heavy atom. The zero-order valence-electron chi connectivity index (χ0n) is 12.2. The zero-order chi connectivity index (χ0) is 15.5. The molecule has 1 N–H and O–H groups in total. The summed E-state index contributed by atoms with van der Waals surface area (Å²) in [6.45, 7) is 3.68. The summed E-state index contributed by atoms with van der Waals surface area (Å²) in [5.74, 6) is -0.0722. The Labute approximate surface area is 127 Å². The molecule has 0 saturated heterocycles. The maximum atomic E-state index is 12.0. The Balaban J connectivity index is 1.69. The highest BCUT2D eigenvalue weighted by atomic mass is 16.5. The summed E-state index contributed by atoms with van der Waals surface area (Å²) in [7, 11) is 0. The van der Waals surface area contributed by atoms with Crippen LogP contribution in [-0.2, 0) is 0 Å². The molecule has 2 heterocycles. The third-order valence-electron chi connectivity index (χ3n) is 3.28. The molecule has 0 spiro atoms. The largest absolute Gasteiger partial charge is 0.351 e. The predicted molar refractivity (Wildman–Crippen MR) is 78.5 cm³/mol. The maximum Gasteiger partial charge on any atom is 0.290 e. The summed E-state index contributed by atoms with van der Waals surface area (Å²) in [5.41, 5.74) is 2.56. The van der Waals surface area contributed by atoms with E-state index in [4.69, 9.17) is 4.52 Å². The smallest absolute Gasteiger partial charge is 0.290 e. The van der Waals surface area contributed by atoms with Gasteiger partial charge >= 0.3 is 0 Å². The minimum absolute atomic E-state index is 0.150. The summed E-state index contributed by atoms with van der Waals surface area (Å²) in [5, 5.41) is 10.6. The van der Waals surface area contributed by atoms with Crippen LogP contribution >= 0.6 is 0 Å². The summed E-state index contributed by atoms with van der Waals surface area (Å²) in [4.78, 5) is 15.9. The van der Waals surface area contributed by atoms with Crippen LogP contribution in [0.5, 0.6) is 0 Å². The van der Waals surface area contributed by atoms with Crippen molar-refractivity contribution in [3.05, 3.63) is 60.0 Å². The van der Waals surface area contributed by atoms with E-state index in [0.717, 1.165) is 11.3 Å². The van der Waals surface area contributed by atoms with E-state index in [1.165, 1.54) is 6.33 Å². The number of carbonyl (C=O) groups is 1. The third-order valence-corrected chi connectivity index (χ3v) is 3.28. The molecule has 0 bridgehead atoms. The van der Waals surface area contributed by atoms with Gasteiger partial charge in [-0.2, -0.15) is 5.10 Å². The van der Waals surface area contributed by atoms with Crippen molar-refractivity contribution in [3.63, 3.8) is 0 Å². The number of rotatable bonds is 4. The fraction of sp³-hybridized carbons (Fsp3) is 0.200. The molecule has 3 rings (SSSR count). The van der Waals surface area contributed by atoms with Gasteiger partial charge in [-0.15, -0.1) is 0 Å². The topological polar surface area (TPSA) is 85.8 Å². The maximum absolute atomic E-state index is 12.0. The van der Waals surface area contributed by atoms with Crippen LogP contribution in [0.15, 0.2) is 47.5 Å². The molecule has 0 aliphatic heterocycles. The van der Waals surface area contributed by atoms with E-state index in [9.17, 15) is 4.79 Å². The first kappa shape index (κ1) is 14.0. The van der Waals surface area contributed by atoms with Crippen molar-refractivity contribution in [1.29, 1.82) is 0 Å². The molecule has 0 radical (unpaired) electrons. The molecule has 1 aromatic carbocycles. The van der Waals surface area contributed by atoms with Gasteiger partial charge in [0.1, 0.15) is 12.7 Å². The van der Waals surface area contributed by atoms with Crippen molar-refractivity contribution in [1.82, 2.24) is 25.2 Å². The molecule has 0 aliphatic carbocycles. The Morgan fingerprint density at radius 1 is 1.32 bits per heavy atom. The lowest BCUT2D eigenvalue weighted by atomic mass is 10.1. The fourth-order valence-electron chi connectivity index (χ4n) is 2.08.